The zero-order valence-electron chi connectivity index (χ0n) is 8.50. The minimum atomic E-state index is -0.485. The molecule has 0 spiro atoms. The summed E-state index contributed by atoms with van der Waals surface area (Å²) in [5.74, 6) is -0.443. The standard InChI is InChI=1S/C11H13FO2/c1-7(2)14-11-9(6-13)4-8(3)5-10(11)12/h4-7H,1-3H3. The fraction of sp³-hybridized carbons (Fsp3) is 0.364. The van der Waals surface area contributed by atoms with Gasteiger partial charge < -0.3 is 4.74 Å². The fourth-order valence-electron chi connectivity index (χ4n) is 1.20. The smallest absolute Gasteiger partial charge is 0.166 e. The lowest BCUT2D eigenvalue weighted by Gasteiger charge is -2.12. The van der Waals surface area contributed by atoms with Crippen LogP contribution in [-0.4, -0.2) is 12.4 Å². The second-order valence-corrected chi connectivity index (χ2v) is 3.45. The fourth-order valence-corrected chi connectivity index (χ4v) is 1.20. The molecule has 0 amide bonds. The van der Waals surface area contributed by atoms with Crippen LogP contribution in [0.3, 0.4) is 0 Å². The van der Waals surface area contributed by atoms with E-state index in [0.29, 0.717) is 11.8 Å². The Balaban J connectivity index is 3.18. The summed E-state index contributed by atoms with van der Waals surface area (Å²) in [6, 6.07) is 2.96. The number of hydrogen-bond donors (Lipinski definition) is 0. The molecule has 2 nitrogen and oxygen atoms in total. The number of ether oxygens (including phenoxy) is 1. The van der Waals surface area contributed by atoms with Crippen LogP contribution in [0.5, 0.6) is 5.75 Å². The van der Waals surface area contributed by atoms with Gasteiger partial charge in [0.1, 0.15) is 0 Å². The first-order valence-electron chi connectivity index (χ1n) is 4.46. The molecule has 0 unspecified atom stereocenters. The van der Waals surface area contributed by atoms with Gasteiger partial charge in [-0.05, 0) is 38.5 Å². The Bertz CT molecular complexity index is 345. The van der Waals surface area contributed by atoms with Crippen LogP contribution in [0.4, 0.5) is 4.39 Å². The number of rotatable bonds is 3. The van der Waals surface area contributed by atoms with Crippen molar-refractivity contribution in [2.75, 3.05) is 0 Å². The summed E-state index contributed by atoms with van der Waals surface area (Å²) in [4.78, 5) is 10.7. The number of aryl methyl sites for hydroxylation is 1. The summed E-state index contributed by atoms with van der Waals surface area (Å²) >= 11 is 0. The van der Waals surface area contributed by atoms with E-state index < -0.39 is 5.82 Å². The average Bonchev–Trinajstić information content (AvgIpc) is 2.08. The summed E-state index contributed by atoms with van der Waals surface area (Å²) in [7, 11) is 0. The van der Waals surface area contributed by atoms with E-state index >= 15 is 0 Å². The molecule has 0 radical (unpaired) electrons. The zero-order valence-corrected chi connectivity index (χ0v) is 8.50. The summed E-state index contributed by atoms with van der Waals surface area (Å²) in [6.07, 6.45) is 0.458. The second kappa shape index (κ2) is 4.22. The number of aldehydes is 1. The number of benzene rings is 1. The van der Waals surface area contributed by atoms with E-state index in [0.717, 1.165) is 0 Å². The summed E-state index contributed by atoms with van der Waals surface area (Å²) in [5.41, 5.74) is 0.969. The molecule has 0 heterocycles. The van der Waals surface area contributed by atoms with Gasteiger partial charge in [-0.2, -0.15) is 0 Å². The van der Waals surface area contributed by atoms with Crippen LogP contribution in [0.2, 0.25) is 0 Å². The molecule has 0 saturated heterocycles. The van der Waals surface area contributed by atoms with Crippen molar-refractivity contribution in [2.24, 2.45) is 0 Å². The molecule has 0 fully saturated rings. The molecule has 0 aliphatic rings. The molecule has 1 aromatic carbocycles. The maximum atomic E-state index is 13.4. The van der Waals surface area contributed by atoms with Crippen LogP contribution >= 0.6 is 0 Å². The van der Waals surface area contributed by atoms with E-state index in [1.54, 1.807) is 26.8 Å². The third-order valence-electron chi connectivity index (χ3n) is 1.70. The van der Waals surface area contributed by atoms with Crippen LogP contribution in [0.25, 0.3) is 0 Å². The lowest BCUT2D eigenvalue weighted by atomic mass is 10.1. The van der Waals surface area contributed by atoms with Gasteiger partial charge in [0.15, 0.2) is 17.9 Å². The quantitative estimate of drug-likeness (QED) is 0.695. The van der Waals surface area contributed by atoms with Gasteiger partial charge in [-0.1, -0.05) is 0 Å². The molecule has 0 saturated carbocycles. The zero-order chi connectivity index (χ0) is 10.7. The van der Waals surface area contributed by atoms with Gasteiger partial charge in [-0.25, -0.2) is 4.39 Å². The van der Waals surface area contributed by atoms with E-state index in [4.69, 9.17) is 4.74 Å². The number of halogens is 1. The van der Waals surface area contributed by atoms with Gasteiger partial charge in [-0.15, -0.1) is 0 Å². The first-order valence-corrected chi connectivity index (χ1v) is 4.46. The van der Waals surface area contributed by atoms with Crippen LogP contribution in [0.15, 0.2) is 12.1 Å². The van der Waals surface area contributed by atoms with Crippen LogP contribution in [0, 0.1) is 12.7 Å². The maximum Gasteiger partial charge on any atom is 0.166 e. The molecule has 0 aromatic heterocycles. The summed E-state index contributed by atoms with van der Waals surface area (Å²) in [5, 5.41) is 0. The highest BCUT2D eigenvalue weighted by molar-refractivity contribution is 5.79. The molecular formula is C11H13FO2. The van der Waals surface area contributed by atoms with E-state index in [9.17, 15) is 9.18 Å². The Hall–Kier alpha value is -1.38. The molecule has 1 rings (SSSR count). The van der Waals surface area contributed by atoms with Crippen molar-refractivity contribution in [3.8, 4) is 5.75 Å². The maximum absolute atomic E-state index is 13.4. The molecule has 0 atom stereocenters. The Morgan fingerprint density at radius 1 is 1.43 bits per heavy atom. The molecule has 76 valence electrons. The van der Waals surface area contributed by atoms with E-state index in [2.05, 4.69) is 0 Å². The Labute approximate surface area is 82.7 Å². The topological polar surface area (TPSA) is 26.3 Å². The van der Waals surface area contributed by atoms with E-state index in [1.165, 1.54) is 6.07 Å². The van der Waals surface area contributed by atoms with Crippen LogP contribution in [0.1, 0.15) is 29.8 Å². The lowest BCUT2D eigenvalue weighted by Crippen LogP contribution is -2.09. The molecule has 0 bridgehead atoms. The number of carbonyl (C=O) groups is 1. The highest BCUT2D eigenvalue weighted by Crippen LogP contribution is 2.24. The van der Waals surface area contributed by atoms with Crippen LogP contribution in [-0.2, 0) is 0 Å². The highest BCUT2D eigenvalue weighted by atomic mass is 19.1. The Morgan fingerprint density at radius 2 is 2.07 bits per heavy atom. The molecular weight excluding hydrogens is 183 g/mol. The first kappa shape index (κ1) is 10.7. The molecule has 3 heteroatoms. The minimum absolute atomic E-state index is 0.0422. The van der Waals surface area contributed by atoms with Crippen molar-refractivity contribution in [3.63, 3.8) is 0 Å². The highest BCUT2D eigenvalue weighted by Gasteiger charge is 2.11. The average molecular weight is 196 g/mol. The third-order valence-corrected chi connectivity index (χ3v) is 1.70. The molecule has 0 aliphatic carbocycles. The van der Waals surface area contributed by atoms with Gasteiger partial charge in [-0.3, -0.25) is 4.79 Å². The van der Waals surface area contributed by atoms with Crippen molar-refractivity contribution in [2.45, 2.75) is 26.9 Å². The van der Waals surface area contributed by atoms with Gasteiger partial charge in [0.2, 0.25) is 0 Å². The Morgan fingerprint density at radius 3 is 2.57 bits per heavy atom. The van der Waals surface area contributed by atoms with Gasteiger partial charge in [0.05, 0.1) is 11.7 Å². The van der Waals surface area contributed by atoms with Crippen molar-refractivity contribution in [3.05, 3.63) is 29.1 Å². The number of hydrogen-bond acceptors (Lipinski definition) is 2. The van der Waals surface area contributed by atoms with Crippen molar-refractivity contribution in [1.82, 2.24) is 0 Å². The summed E-state index contributed by atoms with van der Waals surface area (Å²) in [6.45, 7) is 5.30. The molecule has 14 heavy (non-hydrogen) atoms. The summed E-state index contributed by atoms with van der Waals surface area (Å²) < 4.78 is 18.6. The first-order chi connectivity index (χ1) is 6.54. The van der Waals surface area contributed by atoms with Crippen molar-refractivity contribution < 1.29 is 13.9 Å². The second-order valence-electron chi connectivity index (χ2n) is 3.45. The van der Waals surface area contributed by atoms with Crippen LogP contribution < -0.4 is 4.74 Å². The molecule has 0 N–H and O–H groups in total. The molecule has 0 aliphatic heterocycles. The largest absolute Gasteiger partial charge is 0.487 e. The lowest BCUT2D eigenvalue weighted by molar-refractivity contribution is 0.111. The van der Waals surface area contributed by atoms with E-state index in [-0.39, 0.29) is 17.4 Å². The normalized spacial score (nSPS) is 10.4. The third kappa shape index (κ3) is 2.31. The Kier molecular flexibility index (Phi) is 3.23. The van der Waals surface area contributed by atoms with Crippen molar-refractivity contribution >= 4 is 6.29 Å². The molecule has 1 aromatic rings. The van der Waals surface area contributed by atoms with Crippen molar-refractivity contribution in [1.29, 1.82) is 0 Å². The predicted octanol–water partition coefficient (Wildman–Crippen LogP) is 2.73. The monoisotopic (exact) mass is 196 g/mol. The number of carbonyl (C=O) groups excluding carboxylic acids is 1. The van der Waals surface area contributed by atoms with E-state index in [1.807, 2.05) is 0 Å². The minimum Gasteiger partial charge on any atom is -0.487 e. The van der Waals surface area contributed by atoms with Gasteiger partial charge in [0, 0.05) is 0 Å². The van der Waals surface area contributed by atoms with Gasteiger partial charge >= 0.3 is 0 Å². The predicted molar refractivity (Wildman–Crippen MR) is 52.3 cm³/mol. The van der Waals surface area contributed by atoms with Gasteiger partial charge in [0.25, 0.3) is 0 Å². The SMILES string of the molecule is Cc1cc(F)c(OC(C)C)c(C=O)c1.